The van der Waals surface area contributed by atoms with Gasteiger partial charge in [-0.1, -0.05) is 54.6 Å². The number of halogens is 1. The number of pyridine rings is 2. The summed E-state index contributed by atoms with van der Waals surface area (Å²) < 4.78 is 19.3. The van der Waals surface area contributed by atoms with Crippen LogP contribution in [0.4, 0.5) is 4.39 Å². The highest BCUT2D eigenvalue weighted by Gasteiger charge is 2.46. The van der Waals surface area contributed by atoms with Gasteiger partial charge in [-0.15, -0.1) is 0 Å². The summed E-state index contributed by atoms with van der Waals surface area (Å²) in [6.45, 7) is 4.70. The molecule has 4 heterocycles. The zero-order chi connectivity index (χ0) is 24.9. The molecule has 0 N–H and O–H groups in total. The third-order valence-electron chi connectivity index (χ3n) is 7.99. The standard InChI is InChI=1S/C34H27FN2/c1-23-34-30(28-11-5-6-12-29(28)32-13-7-8-19-37(32)34)17-15-25-14-16-27(35)22-31(25)33-21-26(18-20-36(23)33)24-9-3-2-4-10-24/h2-14,16,18-22,30,34H,1,15,17H2/q+2. The molecule has 5 aromatic rings. The molecule has 0 saturated carbocycles. The number of hydrogen-bond donors (Lipinski definition) is 0. The smallest absolute Gasteiger partial charge is 0.207 e. The van der Waals surface area contributed by atoms with E-state index in [1.165, 1.54) is 16.8 Å². The number of aryl methyl sites for hydroxylation is 1. The second kappa shape index (κ2) is 8.63. The Morgan fingerprint density at radius 1 is 0.703 bits per heavy atom. The van der Waals surface area contributed by atoms with Crippen LogP contribution in [-0.2, 0) is 6.42 Å². The first kappa shape index (κ1) is 21.9. The van der Waals surface area contributed by atoms with E-state index in [1.54, 1.807) is 12.1 Å². The second-order valence-corrected chi connectivity index (χ2v) is 10.00. The predicted molar refractivity (Wildman–Crippen MR) is 145 cm³/mol. The summed E-state index contributed by atoms with van der Waals surface area (Å²) >= 11 is 0. The van der Waals surface area contributed by atoms with Gasteiger partial charge in [0, 0.05) is 29.8 Å². The van der Waals surface area contributed by atoms with Crippen LogP contribution < -0.4 is 9.13 Å². The Bertz CT molecular complexity index is 1670. The lowest BCUT2D eigenvalue weighted by molar-refractivity contribution is -0.727. The van der Waals surface area contributed by atoms with Crippen molar-refractivity contribution in [3.63, 3.8) is 0 Å². The molecule has 2 nitrogen and oxygen atoms in total. The highest BCUT2D eigenvalue weighted by Crippen LogP contribution is 2.44. The van der Waals surface area contributed by atoms with Crippen LogP contribution in [0, 0.1) is 5.82 Å². The van der Waals surface area contributed by atoms with Gasteiger partial charge in [0.1, 0.15) is 5.82 Å². The molecule has 0 spiro atoms. The molecule has 0 radical (unpaired) electrons. The lowest BCUT2D eigenvalue weighted by atomic mass is 9.78. The van der Waals surface area contributed by atoms with E-state index in [0.29, 0.717) is 0 Å². The Hall–Kier alpha value is -4.37. The predicted octanol–water partition coefficient (Wildman–Crippen LogP) is 7.16. The first-order chi connectivity index (χ1) is 18.2. The largest absolute Gasteiger partial charge is 0.249 e. The summed E-state index contributed by atoms with van der Waals surface area (Å²) in [5.74, 6) is 0.0245. The van der Waals surface area contributed by atoms with Crippen molar-refractivity contribution in [3.05, 3.63) is 139 Å². The van der Waals surface area contributed by atoms with Crippen molar-refractivity contribution >= 4 is 5.70 Å². The second-order valence-electron chi connectivity index (χ2n) is 10.00. The molecule has 0 bridgehead atoms. The summed E-state index contributed by atoms with van der Waals surface area (Å²) in [6, 6.07) is 35.1. The van der Waals surface area contributed by atoms with Crippen LogP contribution in [0.5, 0.6) is 0 Å². The highest BCUT2D eigenvalue weighted by molar-refractivity contribution is 5.72. The van der Waals surface area contributed by atoms with Gasteiger partial charge in [0.25, 0.3) is 0 Å². The van der Waals surface area contributed by atoms with Crippen molar-refractivity contribution in [1.82, 2.24) is 0 Å². The van der Waals surface area contributed by atoms with Crippen LogP contribution in [0.15, 0.2) is 122 Å². The third kappa shape index (κ3) is 3.54. The van der Waals surface area contributed by atoms with Crippen molar-refractivity contribution in [2.45, 2.75) is 24.8 Å². The van der Waals surface area contributed by atoms with Gasteiger partial charge < -0.3 is 0 Å². The van der Waals surface area contributed by atoms with Crippen molar-refractivity contribution in [2.75, 3.05) is 0 Å². The van der Waals surface area contributed by atoms with Crippen molar-refractivity contribution in [2.24, 2.45) is 0 Å². The molecule has 3 aromatic carbocycles. The summed E-state index contributed by atoms with van der Waals surface area (Å²) in [4.78, 5) is 0. The number of rotatable bonds is 1. The fourth-order valence-electron chi connectivity index (χ4n) is 6.28. The SMILES string of the molecule is C=C1C2C(CCc3ccc(F)cc3-c3cc(-c4ccccc4)cc[n+]31)c1ccccc1-c1cccc[n+]12. The summed E-state index contributed by atoms with van der Waals surface area (Å²) in [5, 5.41) is 0. The zero-order valence-corrected chi connectivity index (χ0v) is 20.5. The molecule has 0 fully saturated rings. The van der Waals surface area contributed by atoms with Gasteiger partial charge in [0.15, 0.2) is 12.4 Å². The van der Waals surface area contributed by atoms with Crippen LogP contribution in [0.3, 0.4) is 0 Å². The molecule has 2 unspecified atom stereocenters. The van der Waals surface area contributed by atoms with Crippen LogP contribution >= 0.6 is 0 Å². The van der Waals surface area contributed by atoms with Crippen LogP contribution in [-0.4, -0.2) is 0 Å². The Morgan fingerprint density at radius 3 is 2.41 bits per heavy atom. The van der Waals surface area contributed by atoms with Gasteiger partial charge in [-0.3, -0.25) is 0 Å². The van der Waals surface area contributed by atoms with Gasteiger partial charge >= 0.3 is 0 Å². The maximum atomic E-state index is 14.7. The molecule has 178 valence electrons. The van der Waals surface area contributed by atoms with E-state index in [-0.39, 0.29) is 17.8 Å². The molecule has 2 aromatic heterocycles. The molecule has 37 heavy (non-hydrogen) atoms. The molecular formula is C34H27FN2+2. The Labute approximate surface area is 216 Å². The van der Waals surface area contributed by atoms with Crippen molar-refractivity contribution in [3.8, 4) is 33.6 Å². The molecule has 2 aliphatic rings. The topological polar surface area (TPSA) is 7.76 Å². The minimum Gasteiger partial charge on any atom is -0.207 e. The lowest BCUT2D eigenvalue weighted by Gasteiger charge is -2.29. The molecule has 3 heteroatoms. The van der Waals surface area contributed by atoms with Gasteiger partial charge in [-0.05, 0) is 65.9 Å². The molecule has 0 saturated heterocycles. The zero-order valence-electron chi connectivity index (χ0n) is 20.5. The van der Waals surface area contributed by atoms with Gasteiger partial charge in [0.2, 0.25) is 23.1 Å². The highest BCUT2D eigenvalue weighted by atomic mass is 19.1. The molecule has 2 atom stereocenters. The summed E-state index contributed by atoms with van der Waals surface area (Å²) in [5.41, 5.74) is 10.1. The molecule has 0 aliphatic carbocycles. The summed E-state index contributed by atoms with van der Waals surface area (Å²) in [6.07, 6.45) is 6.09. The Balaban J connectivity index is 1.50. The molecular weight excluding hydrogens is 455 g/mol. The number of nitrogens with zero attached hydrogens (tertiary/aromatic N) is 2. The minimum atomic E-state index is -0.220. The average Bonchev–Trinajstić information content (AvgIpc) is 3.00. The van der Waals surface area contributed by atoms with Crippen LogP contribution in [0.2, 0.25) is 0 Å². The fourth-order valence-corrected chi connectivity index (χ4v) is 6.28. The first-order valence-corrected chi connectivity index (χ1v) is 12.9. The maximum absolute atomic E-state index is 14.7. The number of aromatic nitrogens is 2. The van der Waals surface area contributed by atoms with Gasteiger partial charge in [0.05, 0.1) is 11.5 Å². The van der Waals surface area contributed by atoms with E-state index in [4.69, 9.17) is 6.58 Å². The molecule has 2 aliphatic heterocycles. The maximum Gasteiger partial charge on any atom is 0.249 e. The third-order valence-corrected chi connectivity index (χ3v) is 7.99. The van der Waals surface area contributed by atoms with E-state index in [2.05, 4.69) is 100 Å². The van der Waals surface area contributed by atoms with Crippen molar-refractivity contribution < 1.29 is 13.5 Å². The first-order valence-electron chi connectivity index (χ1n) is 12.9. The Kier molecular flexibility index (Phi) is 5.10. The van der Waals surface area contributed by atoms with E-state index in [0.717, 1.165) is 46.5 Å². The summed E-state index contributed by atoms with van der Waals surface area (Å²) in [7, 11) is 0. The lowest BCUT2D eigenvalue weighted by Crippen LogP contribution is -2.53. The number of hydrogen-bond acceptors (Lipinski definition) is 0. The number of allylic oxidation sites excluding steroid dienone is 1. The van der Waals surface area contributed by atoms with Gasteiger partial charge in [-0.2, -0.15) is 9.13 Å². The molecule has 0 amide bonds. The number of benzene rings is 3. The Morgan fingerprint density at radius 2 is 1.51 bits per heavy atom. The van der Waals surface area contributed by atoms with E-state index in [9.17, 15) is 4.39 Å². The van der Waals surface area contributed by atoms with Crippen LogP contribution in [0.25, 0.3) is 39.3 Å². The average molecular weight is 483 g/mol. The van der Waals surface area contributed by atoms with E-state index < -0.39 is 0 Å². The van der Waals surface area contributed by atoms with Gasteiger partial charge in [-0.25, -0.2) is 4.39 Å². The molecule has 7 rings (SSSR count). The quantitative estimate of drug-likeness (QED) is 0.224. The van der Waals surface area contributed by atoms with Crippen molar-refractivity contribution in [1.29, 1.82) is 0 Å². The fraction of sp³-hybridized carbons (Fsp3) is 0.118. The van der Waals surface area contributed by atoms with E-state index >= 15 is 0 Å². The normalized spacial score (nSPS) is 17.7. The number of fused-ring (bicyclic) bond motifs is 9. The minimum absolute atomic E-state index is 0.0385. The van der Waals surface area contributed by atoms with E-state index in [1.807, 2.05) is 12.1 Å². The monoisotopic (exact) mass is 482 g/mol. The van der Waals surface area contributed by atoms with Crippen LogP contribution in [0.1, 0.15) is 29.5 Å².